The summed E-state index contributed by atoms with van der Waals surface area (Å²) in [5.41, 5.74) is 5.60. The van der Waals surface area contributed by atoms with E-state index in [2.05, 4.69) is 10.6 Å². The predicted molar refractivity (Wildman–Crippen MR) is 33.4 cm³/mol. The van der Waals surface area contributed by atoms with E-state index in [9.17, 15) is 0 Å². The molecule has 0 aromatic rings. The minimum absolute atomic E-state index is 0.269. The molecule has 2 atom stereocenters. The van der Waals surface area contributed by atoms with E-state index >= 15 is 0 Å². The van der Waals surface area contributed by atoms with Crippen LogP contribution in [0.3, 0.4) is 0 Å². The smallest absolute Gasteiger partial charge is 0.0457 e. The molecule has 1 rings (SSSR count). The van der Waals surface area contributed by atoms with E-state index in [1.807, 2.05) is 6.92 Å². The summed E-state index contributed by atoms with van der Waals surface area (Å²) >= 11 is 0. The molecule has 3 heteroatoms. The fourth-order valence-electron chi connectivity index (χ4n) is 0.875. The minimum atomic E-state index is 0.269. The van der Waals surface area contributed by atoms with Crippen LogP contribution in [-0.2, 0) is 0 Å². The van der Waals surface area contributed by atoms with Gasteiger partial charge in [0, 0.05) is 25.3 Å². The lowest BCUT2D eigenvalue weighted by Crippen LogP contribution is -2.40. The Morgan fingerprint density at radius 1 is 1.75 bits per heavy atom. The van der Waals surface area contributed by atoms with Gasteiger partial charge in [-0.1, -0.05) is 0 Å². The van der Waals surface area contributed by atoms with Gasteiger partial charge in [-0.15, -0.1) is 0 Å². The van der Waals surface area contributed by atoms with Crippen LogP contribution in [0.4, 0.5) is 0 Å². The first-order chi connectivity index (χ1) is 3.80. The molecule has 0 aromatic heterocycles. The van der Waals surface area contributed by atoms with Gasteiger partial charge in [-0.3, -0.25) is 5.32 Å². The zero-order valence-corrected chi connectivity index (χ0v) is 5.15. The van der Waals surface area contributed by atoms with Gasteiger partial charge in [-0.25, -0.2) is 0 Å². The summed E-state index contributed by atoms with van der Waals surface area (Å²) in [5.74, 6) is 0. The summed E-state index contributed by atoms with van der Waals surface area (Å²) in [6.07, 6.45) is 0. The Kier molecular flexibility index (Phi) is 1.83. The Bertz CT molecular complexity index is 66.1. The average Bonchev–Trinajstić information content (AvgIpc) is 2.12. The highest BCUT2D eigenvalue weighted by atomic mass is 15.2. The third-order valence-electron chi connectivity index (χ3n) is 1.49. The first-order valence-corrected chi connectivity index (χ1v) is 3.00. The van der Waals surface area contributed by atoms with Crippen LogP contribution in [0.2, 0.25) is 0 Å². The van der Waals surface area contributed by atoms with E-state index in [1.165, 1.54) is 0 Å². The maximum Gasteiger partial charge on any atom is 0.0457 e. The molecule has 0 spiro atoms. The molecule has 0 saturated carbocycles. The third-order valence-corrected chi connectivity index (χ3v) is 1.49. The highest BCUT2D eigenvalue weighted by molar-refractivity contribution is 4.81. The van der Waals surface area contributed by atoms with Gasteiger partial charge in [0.2, 0.25) is 0 Å². The Labute approximate surface area is 49.6 Å². The van der Waals surface area contributed by atoms with E-state index in [1.54, 1.807) is 0 Å². The molecule has 4 N–H and O–H groups in total. The molecule has 48 valence electrons. The van der Waals surface area contributed by atoms with Crippen LogP contribution in [-0.4, -0.2) is 25.3 Å². The van der Waals surface area contributed by atoms with Crippen LogP contribution in [0.25, 0.3) is 0 Å². The molecule has 0 radical (unpaired) electrons. The first kappa shape index (κ1) is 6.01. The van der Waals surface area contributed by atoms with Crippen molar-refractivity contribution in [3.63, 3.8) is 0 Å². The van der Waals surface area contributed by atoms with Crippen LogP contribution in [0.1, 0.15) is 6.92 Å². The molecule has 2 unspecified atom stereocenters. The number of nitrogens with two attached hydrogens (primary N) is 1. The monoisotopic (exact) mass is 115 g/mol. The van der Waals surface area contributed by atoms with Crippen LogP contribution >= 0.6 is 0 Å². The van der Waals surface area contributed by atoms with Gasteiger partial charge in [0.15, 0.2) is 0 Å². The van der Waals surface area contributed by atoms with Gasteiger partial charge in [-0.05, 0) is 6.92 Å². The van der Waals surface area contributed by atoms with Crippen molar-refractivity contribution in [2.75, 3.05) is 13.2 Å². The average molecular weight is 115 g/mol. The van der Waals surface area contributed by atoms with E-state index in [-0.39, 0.29) is 6.04 Å². The summed E-state index contributed by atoms with van der Waals surface area (Å²) in [6, 6.07) is 0.750. The molecule has 1 heterocycles. The van der Waals surface area contributed by atoms with Crippen molar-refractivity contribution in [2.24, 2.45) is 5.73 Å². The van der Waals surface area contributed by atoms with Crippen LogP contribution in [0.5, 0.6) is 0 Å². The molecular weight excluding hydrogens is 102 g/mol. The lowest BCUT2D eigenvalue weighted by Gasteiger charge is -2.11. The summed E-state index contributed by atoms with van der Waals surface area (Å²) in [4.78, 5) is 0. The highest BCUT2D eigenvalue weighted by Crippen LogP contribution is 1.90. The van der Waals surface area contributed by atoms with E-state index < -0.39 is 0 Å². The van der Waals surface area contributed by atoms with Crippen molar-refractivity contribution in [1.82, 2.24) is 10.6 Å². The Morgan fingerprint density at radius 2 is 2.50 bits per heavy atom. The van der Waals surface area contributed by atoms with Gasteiger partial charge in [-0.2, -0.15) is 0 Å². The SMILES string of the molecule is CC(N)C1CNCN1. The first-order valence-electron chi connectivity index (χ1n) is 3.00. The summed E-state index contributed by atoms with van der Waals surface area (Å²) < 4.78 is 0. The number of hydrogen-bond acceptors (Lipinski definition) is 3. The predicted octanol–water partition coefficient (Wildman–Crippen LogP) is -1.15. The van der Waals surface area contributed by atoms with Gasteiger partial charge in [0.1, 0.15) is 0 Å². The minimum Gasteiger partial charge on any atom is -0.326 e. The normalized spacial score (nSPS) is 33.0. The van der Waals surface area contributed by atoms with Gasteiger partial charge in [0.25, 0.3) is 0 Å². The molecule has 1 aliphatic heterocycles. The zero-order chi connectivity index (χ0) is 5.98. The number of hydrogen-bond donors (Lipinski definition) is 3. The van der Waals surface area contributed by atoms with Crippen molar-refractivity contribution in [2.45, 2.75) is 19.0 Å². The topological polar surface area (TPSA) is 50.1 Å². The lowest BCUT2D eigenvalue weighted by molar-refractivity contribution is 0.534. The van der Waals surface area contributed by atoms with E-state index in [0.717, 1.165) is 13.2 Å². The number of rotatable bonds is 1. The van der Waals surface area contributed by atoms with Crippen LogP contribution in [0.15, 0.2) is 0 Å². The molecule has 1 fully saturated rings. The molecule has 1 saturated heterocycles. The Morgan fingerprint density at radius 3 is 2.75 bits per heavy atom. The largest absolute Gasteiger partial charge is 0.326 e. The van der Waals surface area contributed by atoms with Gasteiger partial charge >= 0.3 is 0 Å². The number of nitrogens with one attached hydrogen (secondary N) is 2. The molecule has 1 aliphatic rings. The Balaban J connectivity index is 2.24. The standard InChI is InChI=1S/C5H13N3/c1-4(6)5-2-7-3-8-5/h4-5,7-8H,2-3,6H2,1H3. The molecular formula is C5H13N3. The van der Waals surface area contributed by atoms with Crippen molar-refractivity contribution < 1.29 is 0 Å². The van der Waals surface area contributed by atoms with Gasteiger partial charge in [0.05, 0.1) is 0 Å². The van der Waals surface area contributed by atoms with E-state index in [0.29, 0.717) is 6.04 Å². The van der Waals surface area contributed by atoms with Crippen LogP contribution in [0, 0.1) is 0 Å². The molecule has 0 aromatic carbocycles. The van der Waals surface area contributed by atoms with E-state index in [4.69, 9.17) is 5.73 Å². The lowest BCUT2D eigenvalue weighted by atomic mass is 10.2. The second-order valence-electron chi connectivity index (χ2n) is 2.30. The Hall–Kier alpha value is -0.120. The van der Waals surface area contributed by atoms with Crippen molar-refractivity contribution in [3.8, 4) is 0 Å². The fraction of sp³-hybridized carbons (Fsp3) is 1.00. The quantitative estimate of drug-likeness (QED) is 0.404. The van der Waals surface area contributed by atoms with Crippen LogP contribution < -0.4 is 16.4 Å². The zero-order valence-electron chi connectivity index (χ0n) is 5.15. The van der Waals surface area contributed by atoms with Gasteiger partial charge < -0.3 is 11.1 Å². The molecule has 8 heavy (non-hydrogen) atoms. The van der Waals surface area contributed by atoms with Crippen molar-refractivity contribution >= 4 is 0 Å². The maximum atomic E-state index is 5.60. The second kappa shape index (κ2) is 2.44. The summed E-state index contributed by atoms with van der Waals surface area (Å²) in [6.45, 7) is 3.94. The van der Waals surface area contributed by atoms with Crippen molar-refractivity contribution in [1.29, 1.82) is 0 Å². The molecule has 0 aliphatic carbocycles. The fourth-order valence-corrected chi connectivity index (χ4v) is 0.875. The second-order valence-corrected chi connectivity index (χ2v) is 2.30. The molecule has 0 amide bonds. The molecule has 3 nitrogen and oxygen atoms in total. The van der Waals surface area contributed by atoms with Crippen molar-refractivity contribution in [3.05, 3.63) is 0 Å². The summed E-state index contributed by atoms with van der Waals surface area (Å²) in [7, 11) is 0. The maximum absolute atomic E-state index is 5.60. The third kappa shape index (κ3) is 1.18. The molecule has 0 bridgehead atoms. The summed E-state index contributed by atoms with van der Waals surface area (Å²) in [5, 5.41) is 6.38. The highest BCUT2D eigenvalue weighted by Gasteiger charge is 2.16.